The third-order valence-electron chi connectivity index (χ3n) is 6.66. The standard InChI is InChI=1S/C16H24N2O3Si.C10H10N2O2.C6H15ClOSi/c1-22(2,3)11-10-21-12-18-15-7-5-4-6-13(15)16(20)14(17-18)8-9-19;13-6-5-9-10(14)7-3-1-2-4-8(7)11-12-9;1-9(2,3)5-4-8-6-7/h4-7,19H,8-12H2,1-3H3;1-4,13H,5-6H2,(H,11,14);4-6H2,1-3H3. The summed E-state index contributed by atoms with van der Waals surface area (Å²) >= 11 is 5.32. The molecule has 0 aliphatic carbocycles. The molecule has 0 fully saturated rings. The molecule has 0 radical (unpaired) electrons. The van der Waals surface area contributed by atoms with Gasteiger partial charge >= 0.3 is 0 Å². The number of aliphatic hydroxyl groups is 2. The van der Waals surface area contributed by atoms with Crippen LogP contribution in [0.4, 0.5) is 0 Å². The van der Waals surface area contributed by atoms with Gasteiger partial charge in [-0.05, 0) is 36.4 Å². The molecule has 4 rings (SSSR count). The Morgan fingerprint density at radius 3 is 1.91 bits per heavy atom. The van der Waals surface area contributed by atoms with Crippen molar-refractivity contribution in [1.29, 1.82) is 0 Å². The summed E-state index contributed by atoms with van der Waals surface area (Å²) in [6, 6.07) is 17.2. The van der Waals surface area contributed by atoms with Crippen LogP contribution in [0.3, 0.4) is 0 Å². The number of aromatic nitrogens is 4. The summed E-state index contributed by atoms with van der Waals surface area (Å²) in [6.45, 7) is 15.6. The van der Waals surface area contributed by atoms with Crippen molar-refractivity contribution >= 4 is 49.6 Å². The highest BCUT2D eigenvalue weighted by Gasteiger charge is 2.14. The van der Waals surface area contributed by atoms with E-state index in [4.69, 9.17) is 31.3 Å². The molecule has 248 valence electrons. The monoisotopic (exact) mass is 676 g/mol. The zero-order valence-electron chi connectivity index (χ0n) is 27.4. The first-order chi connectivity index (χ1) is 21.3. The lowest BCUT2D eigenvalue weighted by Crippen LogP contribution is -2.24. The molecule has 13 heteroatoms. The van der Waals surface area contributed by atoms with Gasteiger partial charge in [0.2, 0.25) is 10.9 Å². The number of aromatic amines is 1. The van der Waals surface area contributed by atoms with Crippen LogP contribution in [0.1, 0.15) is 11.4 Å². The van der Waals surface area contributed by atoms with E-state index in [1.807, 2.05) is 24.3 Å². The van der Waals surface area contributed by atoms with E-state index in [2.05, 4.69) is 54.6 Å². The van der Waals surface area contributed by atoms with Crippen LogP contribution in [0.5, 0.6) is 0 Å². The molecule has 0 atom stereocenters. The number of H-pyrrole nitrogens is 1. The maximum absolute atomic E-state index is 12.3. The first-order valence-electron chi connectivity index (χ1n) is 15.2. The third-order valence-corrected chi connectivity index (χ3v) is 10.2. The number of benzene rings is 2. The number of fused-ring (bicyclic) bond motifs is 2. The van der Waals surface area contributed by atoms with Crippen molar-refractivity contribution < 1.29 is 19.7 Å². The molecule has 2 aromatic carbocycles. The first kappa shape index (κ1) is 38.5. The molecule has 0 amide bonds. The molecule has 45 heavy (non-hydrogen) atoms. The maximum Gasteiger partial charge on any atom is 0.211 e. The van der Waals surface area contributed by atoms with Gasteiger partial charge in [-0.1, -0.05) is 75.1 Å². The van der Waals surface area contributed by atoms with E-state index in [1.54, 1.807) is 28.9 Å². The Kier molecular flexibility index (Phi) is 16.3. The SMILES string of the molecule is C[Si](C)(C)CCOCCl.C[Si](C)(C)CCOCn1nc(CCO)c(=O)c2ccccc21.O=c1c(CCO)n[nH]c2ccccc12. The minimum atomic E-state index is -1.12. The van der Waals surface area contributed by atoms with Crippen LogP contribution in [0.2, 0.25) is 51.4 Å². The van der Waals surface area contributed by atoms with Gasteiger partial charge in [-0.2, -0.15) is 10.2 Å². The Bertz CT molecular complexity index is 1580. The highest BCUT2D eigenvalue weighted by molar-refractivity contribution is 6.76. The van der Waals surface area contributed by atoms with Gasteiger partial charge in [0.15, 0.2) is 0 Å². The predicted molar refractivity (Wildman–Crippen MR) is 189 cm³/mol. The van der Waals surface area contributed by atoms with Crippen molar-refractivity contribution in [2.75, 3.05) is 32.5 Å². The molecule has 0 unspecified atom stereocenters. The Labute approximate surface area is 272 Å². The zero-order valence-corrected chi connectivity index (χ0v) is 30.2. The summed E-state index contributed by atoms with van der Waals surface area (Å²) in [4.78, 5) is 24.0. The van der Waals surface area contributed by atoms with E-state index in [9.17, 15) is 9.59 Å². The molecular weight excluding hydrogens is 628 g/mol. The normalized spacial score (nSPS) is 11.6. The van der Waals surface area contributed by atoms with Crippen molar-refractivity contribution in [3.05, 3.63) is 80.4 Å². The molecule has 0 aliphatic rings. The van der Waals surface area contributed by atoms with Crippen molar-refractivity contribution in [2.24, 2.45) is 0 Å². The van der Waals surface area contributed by atoms with Crippen LogP contribution >= 0.6 is 11.6 Å². The number of alkyl halides is 1. The molecule has 3 N–H and O–H groups in total. The van der Waals surface area contributed by atoms with Crippen molar-refractivity contribution in [2.45, 2.75) is 70.9 Å². The average molecular weight is 677 g/mol. The molecule has 0 aliphatic heterocycles. The summed E-state index contributed by atoms with van der Waals surface area (Å²) in [5.41, 5.74) is 2.04. The summed E-state index contributed by atoms with van der Waals surface area (Å²) in [7, 11) is -2.00. The van der Waals surface area contributed by atoms with Crippen LogP contribution in [0.15, 0.2) is 58.1 Å². The van der Waals surface area contributed by atoms with Crippen LogP contribution in [-0.2, 0) is 29.0 Å². The summed E-state index contributed by atoms with van der Waals surface area (Å²) in [5.74, 6) is 0. The predicted octanol–water partition coefficient (Wildman–Crippen LogP) is 5.24. The van der Waals surface area contributed by atoms with Crippen molar-refractivity contribution in [1.82, 2.24) is 20.0 Å². The van der Waals surface area contributed by atoms with Gasteiger partial charge in [0, 0.05) is 66.2 Å². The van der Waals surface area contributed by atoms with Gasteiger partial charge in [-0.25, -0.2) is 4.68 Å². The van der Waals surface area contributed by atoms with Gasteiger partial charge in [0.25, 0.3) is 0 Å². The lowest BCUT2D eigenvalue weighted by atomic mass is 10.2. The van der Waals surface area contributed by atoms with Gasteiger partial charge in [-0.3, -0.25) is 14.7 Å². The van der Waals surface area contributed by atoms with Crippen LogP contribution < -0.4 is 10.9 Å². The lowest BCUT2D eigenvalue weighted by molar-refractivity contribution is 0.0803. The Morgan fingerprint density at radius 1 is 0.778 bits per heavy atom. The van der Waals surface area contributed by atoms with E-state index in [0.717, 1.165) is 23.7 Å². The third kappa shape index (κ3) is 13.7. The number of rotatable bonds is 13. The van der Waals surface area contributed by atoms with Crippen LogP contribution in [-0.4, -0.2) is 78.8 Å². The Hall–Kier alpha value is -2.72. The fourth-order valence-electron chi connectivity index (χ4n) is 4.01. The number of hydrogen-bond donors (Lipinski definition) is 3. The Balaban J connectivity index is 0.000000262. The topological polar surface area (TPSA) is 140 Å². The summed E-state index contributed by atoms with van der Waals surface area (Å²) in [6.07, 6.45) is 0.554. The van der Waals surface area contributed by atoms with Crippen molar-refractivity contribution in [3.63, 3.8) is 0 Å². The molecular formula is C32H49ClN4O6Si2. The van der Waals surface area contributed by atoms with E-state index in [0.29, 0.717) is 48.0 Å². The number of halogens is 1. The average Bonchev–Trinajstić information content (AvgIpc) is 2.99. The number of hydrogen-bond acceptors (Lipinski definition) is 8. The largest absolute Gasteiger partial charge is 0.396 e. The minimum absolute atomic E-state index is 0.0611. The van der Waals surface area contributed by atoms with Crippen LogP contribution in [0, 0.1) is 0 Å². The van der Waals surface area contributed by atoms with E-state index >= 15 is 0 Å². The number of para-hydroxylation sites is 2. The second-order valence-corrected chi connectivity index (χ2v) is 24.4. The molecule has 0 spiro atoms. The second kappa shape index (κ2) is 19.1. The van der Waals surface area contributed by atoms with E-state index in [1.165, 1.54) is 6.04 Å². The smallest absolute Gasteiger partial charge is 0.211 e. The number of aliphatic hydroxyl groups excluding tert-OH is 2. The van der Waals surface area contributed by atoms with Gasteiger partial charge in [-0.15, -0.1) is 0 Å². The van der Waals surface area contributed by atoms with Crippen LogP contribution in [0.25, 0.3) is 21.8 Å². The molecule has 2 aromatic heterocycles. The molecule has 0 bridgehead atoms. The van der Waals surface area contributed by atoms with Gasteiger partial charge in [0.1, 0.15) is 24.2 Å². The molecule has 0 saturated heterocycles. The van der Waals surface area contributed by atoms with E-state index in [-0.39, 0.29) is 30.5 Å². The highest BCUT2D eigenvalue weighted by Crippen LogP contribution is 2.12. The van der Waals surface area contributed by atoms with E-state index < -0.39 is 16.1 Å². The molecule has 2 heterocycles. The highest BCUT2D eigenvalue weighted by atomic mass is 35.5. The molecule has 10 nitrogen and oxygen atoms in total. The Morgan fingerprint density at radius 2 is 1.31 bits per heavy atom. The fourth-order valence-corrected chi connectivity index (χ4v) is 5.63. The zero-order chi connectivity index (χ0) is 33.5. The first-order valence-corrected chi connectivity index (χ1v) is 23.1. The van der Waals surface area contributed by atoms with Crippen molar-refractivity contribution in [3.8, 4) is 0 Å². The summed E-state index contributed by atoms with van der Waals surface area (Å²) < 4.78 is 12.5. The minimum Gasteiger partial charge on any atom is -0.396 e. The number of ether oxygens (including phenoxy) is 2. The maximum atomic E-state index is 12.3. The molecule has 4 aromatic rings. The lowest BCUT2D eigenvalue weighted by Gasteiger charge is -2.16. The number of nitrogens with zero attached hydrogens (tertiary/aromatic N) is 3. The summed E-state index contributed by atoms with van der Waals surface area (Å²) in [5, 5.41) is 30.1. The second-order valence-electron chi connectivity index (χ2n) is 13.0. The molecule has 0 saturated carbocycles. The number of nitrogens with one attached hydrogen (secondary N) is 1. The quantitative estimate of drug-likeness (QED) is 0.0993. The van der Waals surface area contributed by atoms with Gasteiger partial charge in [0.05, 0.1) is 11.0 Å². The fraction of sp³-hybridized carbons (Fsp3) is 0.500. The van der Waals surface area contributed by atoms with Gasteiger partial charge < -0.3 is 19.7 Å².